The molecular weight excluding hydrogens is 298 g/mol. The van der Waals surface area contributed by atoms with Gasteiger partial charge in [0.2, 0.25) is 0 Å². The Morgan fingerprint density at radius 2 is 2.13 bits per heavy atom. The van der Waals surface area contributed by atoms with Crippen LogP contribution in [-0.4, -0.2) is 74.5 Å². The van der Waals surface area contributed by atoms with Crippen molar-refractivity contribution >= 4 is 5.69 Å². The molecule has 2 heterocycles. The SMILES string of the molecule is CC(C)N1CCC(N(C)CC(O)Cn2cc([N+](=O)[O-])cn2)CC1. The third-order valence-electron chi connectivity index (χ3n) is 4.58. The Morgan fingerprint density at radius 3 is 2.65 bits per heavy atom. The van der Waals surface area contributed by atoms with E-state index in [1.807, 2.05) is 7.05 Å². The van der Waals surface area contributed by atoms with Crippen molar-refractivity contribution in [2.24, 2.45) is 0 Å². The normalized spacial score (nSPS) is 18.7. The van der Waals surface area contributed by atoms with Gasteiger partial charge in [0, 0.05) is 18.6 Å². The molecule has 1 aromatic rings. The van der Waals surface area contributed by atoms with Crippen molar-refractivity contribution in [1.82, 2.24) is 19.6 Å². The number of nitrogens with zero attached hydrogens (tertiary/aromatic N) is 5. The zero-order valence-corrected chi connectivity index (χ0v) is 14.1. The van der Waals surface area contributed by atoms with E-state index in [4.69, 9.17) is 0 Å². The minimum absolute atomic E-state index is 0.0494. The first-order chi connectivity index (χ1) is 10.9. The van der Waals surface area contributed by atoms with Gasteiger partial charge < -0.3 is 14.9 Å². The molecule has 1 aromatic heterocycles. The third-order valence-corrected chi connectivity index (χ3v) is 4.58. The summed E-state index contributed by atoms with van der Waals surface area (Å²) in [5.41, 5.74) is -0.0494. The molecule has 2 rings (SSSR count). The molecule has 8 heteroatoms. The maximum Gasteiger partial charge on any atom is 0.306 e. The first-order valence-corrected chi connectivity index (χ1v) is 8.16. The lowest BCUT2D eigenvalue weighted by Crippen LogP contribution is -2.47. The molecule has 0 spiro atoms. The van der Waals surface area contributed by atoms with Gasteiger partial charge in [-0.05, 0) is 46.8 Å². The van der Waals surface area contributed by atoms with Crippen molar-refractivity contribution in [3.05, 3.63) is 22.5 Å². The van der Waals surface area contributed by atoms with Crippen LogP contribution < -0.4 is 0 Å². The summed E-state index contributed by atoms with van der Waals surface area (Å²) in [7, 11) is 2.03. The van der Waals surface area contributed by atoms with Gasteiger partial charge in [0.05, 0.1) is 17.6 Å². The molecule has 1 saturated heterocycles. The average Bonchev–Trinajstić information content (AvgIpc) is 2.95. The van der Waals surface area contributed by atoms with Gasteiger partial charge in [0.1, 0.15) is 12.4 Å². The van der Waals surface area contributed by atoms with E-state index in [2.05, 4.69) is 28.7 Å². The fraction of sp³-hybridized carbons (Fsp3) is 0.800. The van der Waals surface area contributed by atoms with Gasteiger partial charge >= 0.3 is 5.69 Å². The Hall–Kier alpha value is -1.51. The molecule has 8 nitrogen and oxygen atoms in total. The monoisotopic (exact) mass is 325 g/mol. The summed E-state index contributed by atoms with van der Waals surface area (Å²) < 4.78 is 1.43. The fourth-order valence-electron chi connectivity index (χ4n) is 3.14. The van der Waals surface area contributed by atoms with Crippen molar-refractivity contribution < 1.29 is 10.0 Å². The van der Waals surface area contributed by atoms with Crippen LogP contribution in [0.3, 0.4) is 0 Å². The molecule has 0 bridgehead atoms. The predicted octanol–water partition coefficient (Wildman–Crippen LogP) is 0.957. The molecule has 1 aliphatic heterocycles. The maximum absolute atomic E-state index is 10.6. The van der Waals surface area contributed by atoms with Crippen LogP contribution in [0.15, 0.2) is 12.4 Å². The third kappa shape index (κ3) is 4.98. The number of aliphatic hydroxyl groups excluding tert-OH is 1. The van der Waals surface area contributed by atoms with Crippen molar-refractivity contribution in [3.8, 4) is 0 Å². The first-order valence-electron chi connectivity index (χ1n) is 8.16. The van der Waals surface area contributed by atoms with Crippen molar-refractivity contribution in [2.45, 2.75) is 51.4 Å². The maximum atomic E-state index is 10.6. The minimum atomic E-state index is -0.595. The molecule has 1 aliphatic rings. The Kier molecular flexibility index (Phi) is 6.09. The van der Waals surface area contributed by atoms with Crippen LogP contribution in [0.2, 0.25) is 0 Å². The quantitative estimate of drug-likeness (QED) is 0.593. The number of nitro groups is 1. The average molecular weight is 325 g/mol. The summed E-state index contributed by atoms with van der Waals surface area (Å²) in [6.07, 6.45) is 4.17. The van der Waals surface area contributed by atoms with Crippen molar-refractivity contribution in [3.63, 3.8) is 0 Å². The minimum Gasteiger partial charge on any atom is -0.390 e. The molecule has 23 heavy (non-hydrogen) atoms. The second kappa shape index (κ2) is 7.85. The molecule has 0 aromatic carbocycles. The van der Waals surface area contributed by atoms with Gasteiger partial charge in [-0.3, -0.25) is 14.8 Å². The molecule has 0 radical (unpaired) electrons. The molecule has 0 aliphatic carbocycles. The van der Waals surface area contributed by atoms with E-state index in [-0.39, 0.29) is 12.2 Å². The van der Waals surface area contributed by atoms with Gasteiger partial charge in [0.15, 0.2) is 0 Å². The largest absolute Gasteiger partial charge is 0.390 e. The van der Waals surface area contributed by atoms with E-state index in [9.17, 15) is 15.2 Å². The van der Waals surface area contributed by atoms with Crippen LogP contribution in [0.5, 0.6) is 0 Å². The number of piperidine rings is 1. The van der Waals surface area contributed by atoms with Gasteiger partial charge in [-0.25, -0.2) is 0 Å². The van der Waals surface area contributed by atoms with Gasteiger partial charge in [-0.2, -0.15) is 5.10 Å². The standard InChI is InChI=1S/C15H27N5O3/c1-12(2)18-6-4-13(5-7-18)17(3)10-15(21)11-19-9-14(8-16-19)20(22)23/h8-9,12-13,15,21H,4-7,10-11H2,1-3H3. The van der Waals surface area contributed by atoms with E-state index in [0.717, 1.165) is 25.9 Å². The van der Waals surface area contributed by atoms with Crippen LogP contribution >= 0.6 is 0 Å². The van der Waals surface area contributed by atoms with Gasteiger partial charge in [-0.1, -0.05) is 0 Å². The molecule has 1 unspecified atom stereocenters. The highest BCUT2D eigenvalue weighted by Gasteiger charge is 2.25. The lowest BCUT2D eigenvalue weighted by Gasteiger charge is -2.39. The Morgan fingerprint density at radius 1 is 1.48 bits per heavy atom. The number of likely N-dealkylation sites (tertiary alicyclic amines) is 1. The fourth-order valence-corrected chi connectivity index (χ4v) is 3.14. The zero-order valence-electron chi connectivity index (χ0n) is 14.1. The molecule has 1 fully saturated rings. The zero-order chi connectivity index (χ0) is 17.0. The van der Waals surface area contributed by atoms with E-state index >= 15 is 0 Å². The van der Waals surface area contributed by atoms with Crippen LogP contribution in [0.1, 0.15) is 26.7 Å². The number of likely N-dealkylation sites (N-methyl/N-ethyl adjacent to an activating group) is 1. The lowest BCUT2D eigenvalue weighted by atomic mass is 10.0. The summed E-state index contributed by atoms with van der Waals surface area (Å²) in [4.78, 5) is 14.8. The van der Waals surface area contributed by atoms with E-state index in [1.165, 1.54) is 17.1 Å². The Balaban J connectivity index is 1.78. The summed E-state index contributed by atoms with van der Waals surface area (Å²) >= 11 is 0. The highest BCUT2D eigenvalue weighted by molar-refractivity contribution is 5.20. The van der Waals surface area contributed by atoms with Crippen LogP contribution in [0.25, 0.3) is 0 Å². The topological polar surface area (TPSA) is 87.7 Å². The highest BCUT2D eigenvalue weighted by atomic mass is 16.6. The van der Waals surface area contributed by atoms with E-state index in [1.54, 1.807) is 0 Å². The second-order valence-corrected chi connectivity index (χ2v) is 6.63. The highest BCUT2D eigenvalue weighted by Crippen LogP contribution is 2.17. The molecule has 1 atom stereocenters. The van der Waals surface area contributed by atoms with Crippen LogP contribution in [0.4, 0.5) is 5.69 Å². The number of rotatable bonds is 7. The summed E-state index contributed by atoms with van der Waals surface area (Å²) in [5.74, 6) is 0. The van der Waals surface area contributed by atoms with Crippen LogP contribution in [-0.2, 0) is 6.54 Å². The summed E-state index contributed by atoms with van der Waals surface area (Å²) in [6.45, 7) is 7.43. The molecule has 130 valence electrons. The van der Waals surface area contributed by atoms with E-state index in [0.29, 0.717) is 18.6 Å². The summed E-state index contributed by atoms with van der Waals surface area (Å²) in [6, 6.07) is 1.06. The van der Waals surface area contributed by atoms with E-state index < -0.39 is 11.0 Å². The van der Waals surface area contributed by atoms with Gasteiger partial charge in [0.25, 0.3) is 0 Å². The smallest absolute Gasteiger partial charge is 0.306 e. The molecular formula is C15H27N5O3. The first kappa shape index (κ1) is 17.8. The van der Waals surface area contributed by atoms with Crippen molar-refractivity contribution in [1.29, 1.82) is 0 Å². The predicted molar refractivity (Wildman–Crippen MR) is 87.2 cm³/mol. The van der Waals surface area contributed by atoms with Crippen LogP contribution in [0, 0.1) is 10.1 Å². The van der Waals surface area contributed by atoms with Gasteiger partial charge in [-0.15, -0.1) is 0 Å². The summed E-state index contributed by atoms with van der Waals surface area (Å²) in [5, 5.41) is 24.8. The molecule has 0 saturated carbocycles. The number of aliphatic hydroxyl groups is 1. The molecule has 1 N–H and O–H groups in total. The number of hydrogen-bond donors (Lipinski definition) is 1. The Bertz CT molecular complexity index is 511. The van der Waals surface area contributed by atoms with Crippen molar-refractivity contribution in [2.75, 3.05) is 26.7 Å². The number of hydrogen-bond acceptors (Lipinski definition) is 6. The number of aromatic nitrogens is 2. The Labute approximate surface area is 136 Å². The lowest BCUT2D eigenvalue weighted by molar-refractivity contribution is -0.385. The second-order valence-electron chi connectivity index (χ2n) is 6.63. The molecule has 0 amide bonds.